The summed E-state index contributed by atoms with van der Waals surface area (Å²) in [6.45, 7) is 0. The molecule has 0 amide bonds. The Morgan fingerprint density at radius 3 is 2.78 bits per heavy atom. The molecule has 0 aliphatic rings. The van der Waals surface area contributed by atoms with Crippen molar-refractivity contribution in [3.63, 3.8) is 0 Å². The monoisotopic (exact) mass is 282 g/mol. The number of rotatable bonds is 3. The summed E-state index contributed by atoms with van der Waals surface area (Å²) in [5, 5.41) is 0.0344. The van der Waals surface area contributed by atoms with Crippen LogP contribution in [0.2, 0.25) is 5.02 Å². The third-order valence-corrected chi connectivity index (χ3v) is 2.68. The summed E-state index contributed by atoms with van der Waals surface area (Å²) < 4.78 is 18.6. The molecule has 92 valence electrons. The molecule has 0 fully saturated rings. The van der Waals surface area contributed by atoms with E-state index < -0.39 is 5.82 Å². The average Bonchev–Trinajstić information content (AvgIpc) is 2.34. The van der Waals surface area contributed by atoms with Crippen molar-refractivity contribution in [1.29, 1.82) is 0 Å². The van der Waals surface area contributed by atoms with Crippen LogP contribution in [0.1, 0.15) is 5.56 Å². The zero-order valence-electron chi connectivity index (χ0n) is 9.06. The van der Waals surface area contributed by atoms with Crippen LogP contribution in [0, 0.1) is 5.82 Å². The second-order valence-electron chi connectivity index (χ2n) is 3.42. The number of hydrogen-bond donors (Lipinski definition) is 1. The first-order chi connectivity index (χ1) is 8.56. The van der Waals surface area contributed by atoms with E-state index in [0.29, 0.717) is 11.3 Å². The minimum atomic E-state index is -0.556. The van der Waals surface area contributed by atoms with Gasteiger partial charge < -0.3 is 10.5 Å². The average molecular weight is 283 g/mol. The smallest absolute Gasteiger partial charge is 0.219 e. The van der Waals surface area contributed by atoms with Crippen molar-refractivity contribution in [2.75, 3.05) is 0 Å². The van der Waals surface area contributed by atoms with Gasteiger partial charge in [0.15, 0.2) is 0 Å². The molecular formula is C12H8ClFN2OS. The molecular weight excluding hydrogens is 275 g/mol. The lowest BCUT2D eigenvalue weighted by Gasteiger charge is -2.06. The van der Waals surface area contributed by atoms with Gasteiger partial charge in [0.05, 0.1) is 5.02 Å². The van der Waals surface area contributed by atoms with Crippen LogP contribution in [0.25, 0.3) is 0 Å². The third kappa shape index (κ3) is 2.94. The molecule has 0 aliphatic carbocycles. The molecule has 1 heterocycles. The minimum absolute atomic E-state index is 0.0344. The highest BCUT2D eigenvalue weighted by Gasteiger charge is 2.05. The standard InChI is InChI=1S/C12H8ClFN2OS/c13-9-2-1-8(6-10(9)14)17-11-5-7(12(15)18)3-4-16-11/h1-6H,(H2,15,18). The van der Waals surface area contributed by atoms with Gasteiger partial charge in [0, 0.05) is 23.9 Å². The first-order valence-corrected chi connectivity index (χ1v) is 5.73. The van der Waals surface area contributed by atoms with Gasteiger partial charge in [0.1, 0.15) is 16.6 Å². The van der Waals surface area contributed by atoms with Crippen LogP contribution in [0.4, 0.5) is 4.39 Å². The van der Waals surface area contributed by atoms with E-state index >= 15 is 0 Å². The zero-order valence-corrected chi connectivity index (χ0v) is 10.6. The van der Waals surface area contributed by atoms with Gasteiger partial charge in [-0.05, 0) is 18.2 Å². The predicted octanol–water partition coefficient (Wildman–Crippen LogP) is 3.30. The lowest BCUT2D eigenvalue weighted by Crippen LogP contribution is -2.09. The fourth-order valence-corrected chi connectivity index (χ4v) is 1.52. The number of hydrogen-bond acceptors (Lipinski definition) is 3. The summed E-state index contributed by atoms with van der Waals surface area (Å²) in [6.07, 6.45) is 1.51. The van der Waals surface area contributed by atoms with Gasteiger partial charge in [-0.2, -0.15) is 0 Å². The Morgan fingerprint density at radius 1 is 1.33 bits per heavy atom. The number of ether oxygens (including phenoxy) is 1. The summed E-state index contributed by atoms with van der Waals surface area (Å²) in [4.78, 5) is 4.22. The molecule has 2 N–H and O–H groups in total. The van der Waals surface area contributed by atoms with Gasteiger partial charge in [-0.3, -0.25) is 0 Å². The maximum atomic E-state index is 13.2. The van der Waals surface area contributed by atoms with Crippen molar-refractivity contribution in [1.82, 2.24) is 4.98 Å². The van der Waals surface area contributed by atoms with Crippen molar-refractivity contribution >= 4 is 28.8 Å². The Bertz CT molecular complexity index is 606. The van der Waals surface area contributed by atoms with Crippen molar-refractivity contribution in [3.8, 4) is 11.6 Å². The number of benzene rings is 1. The molecule has 6 heteroatoms. The van der Waals surface area contributed by atoms with Gasteiger partial charge in [-0.15, -0.1) is 0 Å². The highest BCUT2D eigenvalue weighted by atomic mass is 35.5. The number of nitrogens with two attached hydrogens (primary N) is 1. The molecule has 0 radical (unpaired) electrons. The van der Waals surface area contributed by atoms with Crippen molar-refractivity contribution in [3.05, 3.63) is 52.9 Å². The predicted molar refractivity (Wildman–Crippen MR) is 71.6 cm³/mol. The summed E-state index contributed by atoms with van der Waals surface area (Å²) in [5.41, 5.74) is 6.12. The lowest BCUT2D eigenvalue weighted by atomic mass is 10.3. The molecule has 0 saturated heterocycles. The maximum Gasteiger partial charge on any atom is 0.219 e. The molecule has 0 saturated carbocycles. The number of halogens is 2. The number of pyridine rings is 1. The fraction of sp³-hybridized carbons (Fsp3) is 0. The molecule has 2 aromatic rings. The molecule has 1 aromatic heterocycles. The number of nitrogens with zero attached hydrogens (tertiary/aromatic N) is 1. The highest BCUT2D eigenvalue weighted by molar-refractivity contribution is 7.80. The Balaban J connectivity index is 2.25. The van der Waals surface area contributed by atoms with Gasteiger partial charge in [-0.25, -0.2) is 9.37 Å². The third-order valence-electron chi connectivity index (χ3n) is 2.13. The van der Waals surface area contributed by atoms with E-state index in [1.165, 1.54) is 18.3 Å². The van der Waals surface area contributed by atoms with E-state index in [4.69, 9.17) is 34.3 Å². The molecule has 18 heavy (non-hydrogen) atoms. The van der Waals surface area contributed by atoms with Gasteiger partial charge >= 0.3 is 0 Å². The first kappa shape index (κ1) is 12.7. The second kappa shape index (κ2) is 5.29. The van der Waals surface area contributed by atoms with Gasteiger partial charge in [0.2, 0.25) is 5.88 Å². The van der Waals surface area contributed by atoms with Crippen LogP contribution in [-0.2, 0) is 0 Å². The minimum Gasteiger partial charge on any atom is -0.439 e. The Labute approximate surface area is 113 Å². The van der Waals surface area contributed by atoms with Crippen LogP contribution < -0.4 is 10.5 Å². The van der Waals surface area contributed by atoms with E-state index in [2.05, 4.69) is 4.98 Å². The Morgan fingerprint density at radius 2 is 2.11 bits per heavy atom. The van der Waals surface area contributed by atoms with Gasteiger partial charge in [-0.1, -0.05) is 23.8 Å². The molecule has 2 rings (SSSR count). The van der Waals surface area contributed by atoms with Crippen molar-refractivity contribution < 1.29 is 9.13 Å². The van der Waals surface area contributed by atoms with Gasteiger partial charge in [0.25, 0.3) is 0 Å². The van der Waals surface area contributed by atoms with Crippen molar-refractivity contribution in [2.24, 2.45) is 5.73 Å². The first-order valence-electron chi connectivity index (χ1n) is 4.95. The molecule has 0 aliphatic heterocycles. The fourth-order valence-electron chi connectivity index (χ4n) is 1.28. The van der Waals surface area contributed by atoms with Crippen LogP contribution >= 0.6 is 23.8 Å². The molecule has 1 aromatic carbocycles. The summed E-state index contributed by atoms with van der Waals surface area (Å²) in [7, 11) is 0. The molecule has 0 bridgehead atoms. The number of aromatic nitrogens is 1. The van der Waals surface area contributed by atoms with E-state index in [1.54, 1.807) is 18.2 Å². The Kier molecular flexibility index (Phi) is 3.74. The van der Waals surface area contributed by atoms with E-state index in [0.717, 1.165) is 0 Å². The van der Waals surface area contributed by atoms with Crippen LogP contribution in [0.5, 0.6) is 11.6 Å². The molecule has 0 unspecified atom stereocenters. The van der Waals surface area contributed by atoms with Crippen LogP contribution in [0.3, 0.4) is 0 Å². The maximum absolute atomic E-state index is 13.2. The van der Waals surface area contributed by atoms with E-state index in [9.17, 15) is 4.39 Å². The van der Waals surface area contributed by atoms with Crippen LogP contribution in [0.15, 0.2) is 36.5 Å². The van der Waals surface area contributed by atoms with Crippen LogP contribution in [-0.4, -0.2) is 9.97 Å². The van der Waals surface area contributed by atoms with Crippen molar-refractivity contribution in [2.45, 2.75) is 0 Å². The second-order valence-corrected chi connectivity index (χ2v) is 4.27. The van der Waals surface area contributed by atoms with E-state index in [-0.39, 0.29) is 15.9 Å². The largest absolute Gasteiger partial charge is 0.439 e. The SMILES string of the molecule is NC(=S)c1ccnc(Oc2ccc(Cl)c(F)c2)c1. The normalized spacial score (nSPS) is 10.1. The quantitative estimate of drug-likeness (QED) is 0.878. The lowest BCUT2D eigenvalue weighted by molar-refractivity contribution is 0.458. The molecule has 0 atom stereocenters. The Hall–Kier alpha value is -1.72. The topological polar surface area (TPSA) is 48.1 Å². The summed E-state index contributed by atoms with van der Waals surface area (Å²) in [5.74, 6) is 0.0196. The zero-order chi connectivity index (χ0) is 13.1. The highest BCUT2D eigenvalue weighted by Crippen LogP contribution is 2.24. The summed E-state index contributed by atoms with van der Waals surface area (Å²) >= 11 is 10.4. The molecule has 3 nitrogen and oxygen atoms in total. The summed E-state index contributed by atoms with van der Waals surface area (Å²) in [6, 6.07) is 7.37. The van der Waals surface area contributed by atoms with E-state index in [1.807, 2.05) is 0 Å². The number of thiocarbonyl (C=S) groups is 1. The molecule has 0 spiro atoms.